The first kappa shape index (κ1) is 20.9. The number of amides is 1. The van der Waals surface area contributed by atoms with Crippen LogP contribution in [0.1, 0.15) is 22.8 Å². The summed E-state index contributed by atoms with van der Waals surface area (Å²) in [6, 6.07) is 6.74. The van der Waals surface area contributed by atoms with E-state index in [0.29, 0.717) is 5.56 Å². The van der Waals surface area contributed by atoms with Crippen LogP contribution in [0.3, 0.4) is 0 Å². The highest BCUT2D eigenvalue weighted by Crippen LogP contribution is 2.35. The summed E-state index contributed by atoms with van der Waals surface area (Å²) in [5.41, 5.74) is -0.0431. The molecule has 2 aromatic carbocycles. The maximum Gasteiger partial charge on any atom is 0.286 e. The number of nitro groups is 1. The zero-order valence-electron chi connectivity index (χ0n) is 16.0. The summed E-state index contributed by atoms with van der Waals surface area (Å²) in [5.74, 6) is -0.698. The fraction of sp³-hybridized carbons (Fsp3) is 0.316. The van der Waals surface area contributed by atoms with Gasteiger partial charge in [-0.25, -0.2) is 4.39 Å². The quantitative estimate of drug-likeness (QED) is 0.505. The van der Waals surface area contributed by atoms with Gasteiger partial charge in [-0.15, -0.1) is 0 Å². The van der Waals surface area contributed by atoms with Gasteiger partial charge in [-0.3, -0.25) is 14.9 Å². The molecular weight excluding hydrogens is 371 g/mol. The summed E-state index contributed by atoms with van der Waals surface area (Å²) in [6.45, 7) is 2.06. The van der Waals surface area contributed by atoms with Gasteiger partial charge in [-0.05, 0) is 24.6 Å². The van der Waals surface area contributed by atoms with Crippen LogP contribution in [0.5, 0.6) is 17.2 Å². The molecule has 0 spiro atoms. The molecule has 0 unspecified atom stereocenters. The number of carbonyl (C=O) groups excluding carboxylic acids is 1. The summed E-state index contributed by atoms with van der Waals surface area (Å²) < 4.78 is 29.2. The second-order valence-corrected chi connectivity index (χ2v) is 5.84. The number of halogens is 1. The van der Waals surface area contributed by atoms with Gasteiger partial charge in [0.15, 0.2) is 23.1 Å². The van der Waals surface area contributed by atoms with Gasteiger partial charge < -0.3 is 19.1 Å². The van der Waals surface area contributed by atoms with Gasteiger partial charge in [0, 0.05) is 19.7 Å². The van der Waals surface area contributed by atoms with Gasteiger partial charge in [0.25, 0.3) is 11.6 Å². The minimum absolute atomic E-state index is 0.0480. The molecule has 2 aromatic rings. The number of rotatable bonds is 8. The molecule has 0 aliphatic heterocycles. The predicted molar refractivity (Wildman–Crippen MR) is 99.6 cm³/mol. The molecule has 0 atom stereocenters. The lowest BCUT2D eigenvalue weighted by atomic mass is 10.1. The Balaban J connectivity index is 2.35. The molecule has 9 heteroatoms. The third-order valence-corrected chi connectivity index (χ3v) is 3.99. The summed E-state index contributed by atoms with van der Waals surface area (Å²) in [7, 11) is 4.20. The van der Waals surface area contributed by atoms with Crippen LogP contribution >= 0.6 is 0 Å². The standard InChI is InChI=1S/C19H21FN2O6/c1-5-28-18-10-15(22(24)25)13(9-17(18)27-4)19(23)21(2)11-12-6-7-16(26-3)14(20)8-12/h6-10H,5,11H2,1-4H3. The van der Waals surface area contributed by atoms with Crippen molar-refractivity contribution in [1.82, 2.24) is 4.90 Å². The van der Waals surface area contributed by atoms with Crippen molar-refractivity contribution in [3.63, 3.8) is 0 Å². The summed E-state index contributed by atoms with van der Waals surface area (Å²) in [6.07, 6.45) is 0. The third-order valence-electron chi connectivity index (χ3n) is 3.99. The Morgan fingerprint density at radius 3 is 2.36 bits per heavy atom. The Hall–Kier alpha value is -3.36. The van der Waals surface area contributed by atoms with Crippen molar-refractivity contribution in [2.24, 2.45) is 0 Å². The lowest BCUT2D eigenvalue weighted by Gasteiger charge is -2.19. The molecule has 0 saturated carbocycles. The third kappa shape index (κ3) is 4.48. The molecule has 8 nitrogen and oxygen atoms in total. The topological polar surface area (TPSA) is 91.1 Å². The summed E-state index contributed by atoms with van der Waals surface area (Å²) in [4.78, 5) is 24.9. The minimum atomic E-state index is -0.657. The second-order valence-electron chi connectivity index (χ2n) is 5.84. The summed E-state index contributed by atoms with van der Waals surface area (Å²) >= 11 is 0. The normalized spacial score (nSPS) is 10.3. The van der Waals surface area contributed by atoms with E-state index in [9.17, 15) is 19.3 Å². The molecule has 28 heavy (non-hydrogen) atoms. The first-order valence-electron chi connectivity index (χ1n) is 8.39. The van der Waals surface area contributed by atoms with Crippen molar-refractivity contribution in [1.29, 1.82) is 0 Å². The SMILES string of the molecule is CCOc1cc([N+](=O)[O-])c(C(=O)N(C)Cc2ccc(OC)c(F)c2)cc1OC. The van der Waals surface area contributed by atoms with Crippen LogP contribution in [-0.4, -0.2) is 43.6 Å². The van der Waals surface area contributed by atoms with Crippen LogP contribution in [-0.2, 0) is 6.54 Å². The van der Waals surface area contributed by atoms with E-state index >= 15 is 0 Å². The number of hydrogen-bond donors (Lipinski definition) is 0. The van der Waals surface area contributed by atoms with E-state index in [4.69, 9.17) is 14.2 Å². The van der Waals surface area contributed by atoms with Crippen LogP contribution in [0.15, 0.2) is 30.3 Å². The van der Waals surface area contributed by atoms with E-state index in [1.54, 1.807) is 13.0 Å². The van der Waals surface area contributed by atoms with Crippen LogP contribution in [0.25, 0.3) is 0 Å². The van der Waals surface area contributed by atoms with Crippen molar-refractivity contribution in [2.45, 2.75) is 13.5 Å². The van der Waals surface area contributed by atoms with Crippen molar-refractivity contribution < 1.29 is 28.3 Å². The Kier molecular flexibility index (Phi) is 6.75. The Morgan fingerprint density at radius 2 is 1.82 bits per heavy atom. The van der Waals surface area contributed by atoms with E-state index in [2.05, 4.69) is 0 Å². The number of nitrogens with zero attached hydrogens (tertiary/aromatic N) is 2. The highest BCUT2D eigenvalue weighted by atomic mass is 19.1. The fourth-order valence-electron chi connectivity index (χ4n) is 2.66. The molecule has 0 radical (unpaired) electrons. The zero-order valence-corrected chi connectivity index (χ0v) is 16.0. The van der Waals surface area contributed by atoms with E-state index in [1.807, 2.05) is 0 Å². The van der Waals surface area contributed by atoms with Gasteiger partial charge in [0.2, 0.25) is 0 Å². The van der Waals surface area contributed by atoms with E-state index in [0.717, 1.165) is 6.07 Å². The number of methoxy groups -OCH3 is 2. The molecule has 0 heterocycles. The van der Waals surface area contributed by atoms with Crippen molar-refractivity contribution in [3.05, 3.63) is 57.4 Å². The number of nitro benzene ring substituents is 1. The maximum atomic E-state index is 13.9. The van der Waals surface area contributed by atoms with Crippen molar-refractivity contribution in [2.75, 3.05) is 27.9 Å². The average molecular weight is 392 g/mol. The lowest BCUT2D eigenvalue weighted by Crippen LogP contribution is -2.27. The molecule has 0 fully saturated rings. The molecule has 0 bridgehead atoms. The minimum Gasteiger partial charge on any atom is -0.494 e. The number of hydrogen-bond acceptors (Lipinski definition) is 6. The first-order chi connectivity index (χ1) is 13.3. The van der Waals surface area contributed by atoms with E-state index < -0.39 is 22.3 Å². The zero-order chi connectivity index (χ0) is 20.8. The van der Waals surface area contributed by atoms with E-state index in [1.165, 1.54) is 44.4 Å². The van der Waals surface area contributed by atoms with Crippen molar-refractivity contribution >= 4 is 11.6 Å². The maximum absolute atomic E-state index is 13.9. The van der Waals surface area contributed by atoms with Crippen LogP contribution in [0.2, 0.25) is 0 Å². The summed E-state index contributed by atoms with van der Waals surface area (Å²) in [5, 5.41) is 11.5. The van der Waals surface area contributed by atoms with Gasteiger partial charge in [-0.2, -0.15) is 0 Å². The Morgan fingerprint density at radius 1 is 1.14 bits per heavy atom. The highest BCUT2D eigenvalue weighted by Gasteiger charge is 2.27. The Labute approximate surface area is 161 Å². The molecule has 1 amide bonds. The smallest absolute Gasteiger partial charge is 0.286 e. The molecule has 0 aromatic heterocycles. The monoisotopic (exact) mass is 392 g/mol. The highest BCUT2D eigenvalue weighted by molar-refractivity contribution is 5.99. The lowest BCUT2D eigenvalue weighted by molar-refractivity contribution is -0.385. The molecule has 150 valence electrons. The fourth-order valence-corrected chi connectivity index (χ4v) is 2.66. The van der Waals surface area contributed by atoms with Crippen LogP contribution < -0.4 is 14.2 Å². The van der Waals surface area contributed by atoms with Gasteiger partial charge in [0.1, 0.15) is 5.56 Å². The molecule has 2 rings (SSSR count). The molecular formula is C19H21FN2O6. The van der Waals surface area contributed by atoms with Gasteiger partial charge in [0.05, 0.1) is 31.8 Å². The predicted octanol–water partition coefficient (Wildman–Crippen LogP) is 3.42. The number of benzene rings is 2. The van der Waals surface area contributed by atoms with Crippen LogP contribution in [0.4, 0.5) is 10.1 Å². The van der Waals surface area contributed by atoms with E-state index in [-0.39, 0.29) is 36.0 Å². The Bertz CT molecular complexity index is 887. The van der Waals surface area contributed by atoms with Crippen molar-refractivity contribution in [3.8, 4) is 17.2 Å². The number of ether oxygens (including phenoxy) is 3. The number of carbonyl (C=O) groups is 1. The first-order valence-corrected chi connectivity index (χ1v) is 8.39. The van der Waals surface area contributed by atoms with Gasteiger partial charge in [-0.1, -0.05) is 6.07 Å². The molecule has 0 aliphatic rings. The average Bonchev–Trinajstić information content (AvgIpc) is 2.67. The largest absolute Gasteiger partial charge is 0.494 e. The van der Waals surface area contributed by atoms with Gasteiger partial charge >= 0.3 is 0 Å². The van der Waals surface area contributed by atoms with Crippen LogP contribution in [0, 0.1) is 15.9 Å². The molecule has 0 saturated heterocycles. The molecule has 0 aliphatic carbocycles. The second kappa shape index (κ2) is 9.03. The molecule has 0 N–H and O–H groups in total.